The van der Waals surface area contributed by atoms with E-state index in [1.165, 1.54) is 13.2 Å². The first-order valence-corrected chi connectivity index (χ1v) is 4.91. The predicted octanol–water partition coefficient (Wildman–Crippen LogP) is 1.48. The molecule has 0 radical (unpaired) electrons. The first-order valence-electron chi connectivity index (χ1n) is 4.91. The van der Waals surface area contributed by atoms with Crippen LogP contribution in [0.4, 0.5) is 4.39 Å². The molecule has 0 saturated carbocycles. The van der Waals surface area contributed by atoms with Crippen molar-refractivity contribution in [2.45, 2.75) is 13.0 Å². The maximum Gasteiger partial charge on any atom is 0.170 e. The Morgan fingerprint density at radius 1 is 1.53 bits per heavy atom. The van der Waals surface area contributed by atoms with Crippen LogP contribution in [-0.4, -0.2) is 25.3 Å². The Bertz CT molecular complexity index is 317. The lowest BCUT2D eigenvalue weighted by Crippen LogP contribution is -2.21. The Hall–Kier alpha value is -1.13. The smallest absolute Gasteiger partial charge is 0.170 e. The SMILES string of the molecule is CCNCC(O)c1cccc(OC)c1F. The Morgan fingerprint density at radius 2 is 2.27 bits per heavy atom. The molecule has 1 aromatic rings. The van der Waals surface area contributed by atoms with Crippen molar-refractivity contribution in [1.82, 2.24) is 5.32 Å². The third kappa shape index (κ3) is 2.91. The standard InChI is InChI=1S/C11H16FNO2/c1-3-13-7-9(14)8-5-4-6-10(15-2)11(8)12/h4-6,9,13-14H,3,7H2,1-2H3. The van der Waals surface area contributed by atoms with Crippen LogP contribution in [0.2, 0.25) is 0 Å². The molecule has 0 aliphatic heterocycles. The normalized spacial score (nSPS) is 12.5. The van der Waals surface area contributed by atoms with Crippen molar-refractivity contribution in [2.75, 3.05) is 20.2 Å². The summed E-state index contributed by atoms with van der Waals surface area (Å²) in [5, 5.41) is 12.6. The number of halogens is 1. The van der Waals surface area contributed by atoms with E-state index in [1.807, 2.05) is 6.92 Å². The molecule has 0 aliphatic rings. The van der Waals surface area contributed by atoms with Gasteiger partial charge in [-0.2, -0.15) is 0 Å². The molecule has 2 N–H and O–H groups in total. The van der Waals surface area contributed by atoms with Gasteiger partial charge >= 0.3 is 0 Å². The van der Waals surface area contributed by atoms with Crippen LogP contribution in [0.1, 0.15) is 18.6 Å². The van der Waals surface area contributed by atoms with Crippen LogP contribution < -0.4 is 10.1 Å². The number of aliphatic hydroxyl groups is 1. The van der Waals surface area contributed by atoms with Crippen LogP contribution in [-0.2, 0) is 0 Å². The van der Waals surface area contributed by atoms with E-state index in [-0.39, 0.29) is 11.3 Å². The first-order chi connectivity index (χ1) is 7.20. The second-order valence-electron chi connectivity index (χ2n) is 3.19. The highest BCUT2D eigenvalue weighted by Crippen LogP contribution is 2.24. The Labute approximate surface area is 88.9 Å². The second-order valence-corrected chi connectivity index (χ2v) is 3.19. The average molecular weight is 213 g/mol. The highest BCUT2D eigenvalue weighted by molar-refractivity contribution is 5.32. The molecule has 15 heavy (non-hydrogen) atoms. The molecular formula is C11H16FNO2. The minimum absolute atomic E-state index is 0.156. The summed E-state index contributed by atoms with van der Waals surface area (Å²) in [4.78, 5) is 0. The van der Waals surface area contributed by atoms with Crippen LogP contribution in [0, 0.1) is 5.82 Å². The van der Waals surface area contributed by atoms with Gasteiger partial charge in [-0.05, 0) is 12.6 Å². The molecule has 1 atom stereocenters. The summed E-state index contributed by atoms with van der Waals surface area (Å²) < 4.78 is 18.5. The largest absolute Gasteiger partial charge is 0.494 e. The lowest BCUT2D eigenvalue weighted by atomic mass is 10.1. The van der Waals surface area contributed by atoms with Crippen molar-refractivity contribution in [2.24, 2.45) is 0 Å². The molecule has 0 aliphatic carbocycles. The molecule has 1 aromatic carbocycles. The van der Waals surface area contributed by atoms with E-state index in [1.54, 1.807) is 12.1 Å². The van der Waals surface area contributed by atoms with E-state index in [4.69, 9.17) is 4.74 Å². The fourth-order valence-electron chi connectivity index (χ4n) is 1.33. The molecule has 0 saturated heterocycles. The molecule has 3 nitrogen and oxygen atoms in total. The van der Waals surface area contributed by atoms with Gasteiger partial charge in [-0.15, -0.1) is 0 Å². The molecule has 1 unspecified atom stereocenters. The zero-order valence-electron chi connectivity index (χ0n) is 8.96. The van der Waals surface area contributed by atoms with Gasteiger partial charge < -0.3 is 15.2 Å². The summed E-state index contributed by atoms with van der Waals surface area (Å²) in [5.74, 6) is -0.339. The third-order valence-electron chi connectivity index (χ3n) is 2.16. The molecule has 0 amide bonds. The Balaban J connectivity index is 2.83. The summed E-state index contributed by atoms with van der Waals surface area (Å²) >= 11 is 0. The summed E-state index contributed by atoms with van der Waals surface area (Å²) in [6.07, 6.45) is -0.847. The average Bonchev–Trinajstić information content (AvgIpc) is 2.26. The Morgan fingerprint density at radius 3 is 2.87 bits per heavy atom. The topological polar surface area (TPSA) is 41.5 Å². The Kier molecular flexibility index (Phi) is 4.52. The van der Waals surface area contributed by atoms with Crippen LogP contribution in [0.15, 0.2) is 18.2 Å². The quantitative estimate of drug-likeness (QED) is 0.778. The lowest BCUT2D eigenvalue weighted by Gasteiger charge is -2.13. The summed E-state index contributed by atoms with van der Waals surface area (Å²) in [6, 6.07) is 4.74. The number of nitrogens with one attached hydrogen (secondary N) is 1. The van der Waals surface area contributed by atoms with Gasteiger partial charge in [0.1, 0.15) is 0 Å². The van der Waals surface area contributed by atoms with E-state index in [0.717, 1.165) is 6.54 Å². The maximum absolute atomic E-state index is 13.6. The van der Waals surface area contributed by atoms with E-state index >= 15 is 0 Å². The summed E-state index contributed by atoms with van der Waals surface area (Å²) in [6.45, 7) is 3.00. The van der Waals surface area contributed by atoms with Gasteiger partial charge in [-0.25, -0.2) is 4.39 Å². The number of aliphatic hydroxyl groups excluding tert-OH is 1. The molecule has 0 fully saturated rings. The summed E-state index contributed by atoms with van der Waals surface area (Å²) in [7, 11) is 1.40. The van der Waals surface area contributed by atoms with Crippen molar-refractivity contribution in [1.29, 1.82) is 0 Å². The van der Waals surface area contributed by atoms with Crippen molar-refractivity contribution in [3.05, 3.63) is 29.6 Å². The highest BCUT2D eigenvalue weighted by atomic mass is 19.1. The van der Waals surface area contributed by atoms with Gasteiger partial charge in [-0.1, -0.05) is 19.1 Å². The van der Waals surface area contributed by atoms with E-state index in [9.17, 15) is 9.50 Å². The van der Waals surface area contributed by atoms with Gasteiger partial charge in [0.2, 0.25) is 0 Å². The molecule has 0 heterocycles. The fourth-order valence-corrected chi connectivity index (χ4v) is 1.33. The third-order valence-corrected chi connectivity index (χ3v) is 2.16. The van der Waals surface area contributed by atoms with Crippen LogP contribution in [0.25, 0.3) is 0 Å². The number of rotatable bonds is 5. The number of benzene rings is 1. The molecule has 4 heteroatoms. The molecule has 84 valence electrons. The van der Waals surface area contributed by atoms with Crippen LogP contribution in [0.3, 0.4) is 0 Å². The fraction of sp³-hybridized carbons (Fsp3) is 0.455. The van der Waals surface area contributed by atoms with Crippen molar-refractivity contribution in [3.8, 4) is 5.75 Å². The molecule has 0 spiro atoms. The number of hydrogen-bond donors (Lipinski definition) is 2. The number of likely N-dealkylation sites (N-methyl/N-ethyl adjacent to an activating group) is 1. The zero-order chi connectivity index (χ0) is 11.3. The second kappa shape index (κ2) is 5.68. The lowest BCUT2D eigenvalue weighted by molar-refractivity contribution is 0.170. The number of ether oxygens (including phenoxy) is 1. The van der Waals surface area contributed by atoms with Crippen molar-refractivity contribution >= 4 is 0 Å². The molecule has 0 bridgehead atoms. The van der Waals surface area contributed by atoms with Crippen molar-refractivity contribution in [3.63, 3.8) is 0 Å². The maximum atomic E-state index is 13.6. The zero-order valence-corrected chi connectivity index (χ0v) is 8.96. The minimum Gasteiger partial charge on any atom is -0.494 e. The number of methoxy groups -OCH3 is 1. The van der Waals surface area contributed by atoms with Gasteiger partial charge in [0.15, 0.2) is 11.6 Å². The monoisotopic (exact) mass is 213 g/mol. The molecule has 0 aromatic heterocycles. The van der Waals surface area contributed by atoms with Crippen LogP contribution in [0.5, 0.6) is 5.75 Å². The first kappa shape index (κ1) is 11.9. The van der Waals surface area contributed by atoms with Gasteiger partial charge in [0, 0.05) is 12.1 Å². The van der Waals surface area contributed by atoms with Crippen molar-refractivity contribution < 1.29 is 14.2 Å². The van der Waals surface area contributed by atoms with E-state index < -0.39 is 11.9 Å². The molecular weight excluding hydrogens is 197 g/mol. The molecule has 1 rings (SSSR count). The predicted molar refractivity (Wildman–Crippen MR) is 56.5 cm³/mol. The van der Waals surface area contributed by atoms with E-state index in [2.05, 4.69) is 5.32 Å². The minimum atomic E-state index is -0.847. The van der Waals surface area contributed by atoms with Gasteiger partial charge in [0.25, 0.3) is 0 Å². The van der Waals surface area contributed by atoms with Gasteiger partial charge in [0.05, 0.1) is 13.2 Å². The summed E-state index contributed by atoms with van der Waals surface area (Å²) in [5.41, 5.74) is 0.260. The highest BCUT2D eigenvalue weighted by Gasteiger charge is 2.15. The number of hydrogen-bond acceptors (Lipinski definition) is 3. The van der Waals surface area contributed by atoms with E-state index in [0.29, 0.717) is 6.54 Å². The van der Waals surface area contributed by atoms with Crippen LogP contribution >= 0.6 is 0 Å². The van der Waals surface area contributed by atoms with Gasteiger partial charge in [-0.3, -0.25) is 0 Å².